The number of halogens is 3. The van der Waals surface area contributed by atoms with E-state index in [2.05, 4.69) is 35.6 Å². The lowest BCUT2D eigenvalue weighted by atomic mass is 10.2. The number of rotatable bonds is 5. The molecule has 0 fully saturated rings. The van der Waals surface area contributed by atoms with Crippen molar-refractivity contribution in [1.82, 2.24) is 29.5 Å². The van der Waals surface area contributed by atoms with Crippen LogP contribution in [-0.2, 0) is 7.05 Å². The molecule has 0 aliphatic rings. The van der Waals surface area contributed by atoms with Crippen molar-refractivity contribution >= 4 is 29.3 Å². The number of hydrogen-bond acceptors (Lipinski definition) is 7. The number of aromatic nitrogens is 6. The van der Waals surface area contributed by atoms with Gasteiger partial charge < -0.3 is 15.2 Å². The first-order valence-corrected chi connectivity index (χ1v) is 7.52. The van der Waals surface area contributed by atoms with E-state index in [9.17, 15) is 8.78 Å². The standard InChI is InChI=1S/C14H13ClF2N8/c1-7(11-9(17)3-8(16)4-18-11)20-13-22-12(15)23-14(24-13)21-10-5-25(2)6-19-10/h3-7H,1-2H3,(H2,20,21,22,23,24). The minimum absolute atomic E-state index is 0.0252. The molecule has 11 heteroatoms. The summed E-state index contributed by atoms with van der Waals surface area (Å²) in [7, 11) is 1.82. The van der Waals surface area contributed by atoms with E-state index in [1.165, 1.54) is 0 Å². The molecule has 2 N–H and O–H groups in total. The lowest BCUT2D eigenvalue weighted by Gasteiger charge is -2.14. The van der Waals surface area contributed by atoms with E-state index in [0.717, 1.165) is 12.3 Å². The van der Waals surface area contributed by atoms with Crippen molar-refractivity contribution in [2.24, 2.45) is 7.05 Å². The number of anilines is 3. The second-order valence-electron chi connectivity index (χ2n) is 5.19. The van der Waals surface area contributed by atoms with Crippen molar-refractivity contribution in [1.29, 1.82) is 0 Å². The molecule has 3 aromatic rings. The molecule has 3 aromatic heterocycles. The molecule has 0 saturated heterocycles. The minimum atomic E-state index is -0.771. The smallest absolute Gasteiger partial charge is 0.234 e. The maximum absolute atomic E-state index is 13.8. The van der Waals surface area contributed by atoms with Crippen LogP contribution in [0.2, 0.25) is 5.28 Å². The van der Waals surface area contributed by atoms with Gasteiger partial charge >= 0.3 is 0 Å². The van der Waals surface area contributed by atoms with Crippen molar-refractivity contribution in [3.05, 3.63) is 47.4 Å². The molecule has 0 saturated carbocycles. The summed E-state index contributed by atoms with van der Waals surface area (Å²) in [6.07, 6.45) is 4.27. The number of imidazole rings is 1. The van der Waals surface area contributed by atoms with Crippen LogP contribution < -0.4 is 10.6 Å². The van der Waals surface area contributed by atoms with Gasteiger partial charge in [0.2, 0.25) is 17.2 Å². The van der Waals surface area contributed by atoms with E-state index in [-0.39, 0.29) is 22.9 Å². The van der Waals surface area contributed by atoms with Crippen LogP contribution in [0.15, 0.2) is 24.8 Å². The first kappa shape index (κ1) is 17.0. The second kappa shape index (κ2) is 6.93. The van der Waals surface area contributed by atoms with Gasteiger partial charge in [-0.3, -0.25) is 4.98 Å². The van der Waals surface area contributed by atoms with Crippen LogP contribution in [0.3, 0.4) is 0 Å². The van der Waals surface area contributed by atoms with Gasteiger partial charge in [-0.1, -0.05) is 0 Å². The Morgan fingerprint density at radius 3 is 2.60 bits per heavy atom. The summed E-state index contributed by atoms with van der Waals surface area (Å²) in [4.78, 5) is 19.9. The summed E-state index contributed by atoms with van der Waals surface area (Å²) >= 11 is 5.90. The zero-order valence-corrected chi connectivity index (χ0v) is 14.0. The average Bonchev–Trinajstić information content (AvgIpc) is 2.91. The van der Waals surface area contributed by atoms with Gasteiger partial charge in [0.1, 0.15) is 11.6 Å². The number of nitrogens with one attached hydrogen (secondary N) is 2. The zero-order valence-electron chi connectivity index (χ0n) is 13.2. The molecule has 0 aliphatic carbocycles. The molecule has 0 radical (unpaired) electrons. The summed E-state index contributed by atoms with van der Waals surface area (Å²) < 4.78 is 28.5. The van der Waals surface area contributed by atoms with E-state index in [1.54, 1.807) is 24.0 Å². The Morgan fingerprint density at radius 1 is 1.16 bits per heavy atom. The highest BCUT2D eigenvalue weighted by atomic mass is 35.5. The SMILES string of the molecule is CC(Nc1nc(Cl)nc(Nc2cn(C)cn2)n1)c1ncc(F)cc1F. The first-order valence-electron chi connectivity index (χ1n) is 7.15. The Hall–Kier alpha value is -2.88. The van der Waals surface area contributed by atoms with E-state index in [1.807, 2.05) is 7.05 Å². The second-order valence-corrected chi connectivity index (χ2v) is 5.53. The van der Waals surface area contributed by atoms with Gasteiger partial charge in [-0.05, 0) is 18.5 Å². The summed E-state index contributed by atoms with van der Waals surface area (Å²) in [5.74, 6) is -0.724. The summed E-state index contributed by atoms with van der Waals surface area (Å²) in [5.41, 5.74) is 0.0252. The summed E-state index contributed by atoms with van der Waals surface area (Å²) in [5, 5.41) is 5.67. The molecule has 130 valence electrons. The molecule has 0 bridgehead atoms. The highest BCUT2D eigenvalue weighted by Crippen LogP contribution is 2.20. The Bertz CT molecular complexity index is 900. The van der Waals surface area contributed by atoms with E-state index >= 15 is 0 Å². The van der Waals surface area contributed by atoms with Crippen LogP contribution in [0, 0.1) is 11.6 Å². The number of pyridine rings is 1. The molecule has 0 amide bonds. The molecule has 3 rings (SSSR count). The van der Waals surface area contributed by atoms with Gasteiger partial charge in [-0.2, -0.15) is 15.0 Å². The van der Waals surface area contributed by atoms with Crippen molar-refractivity contribution in [2.45, 2.75) is 13.0 Å². The molecule has 1 unspecified atom stereocenters. The third-order valence-electron chi connectivity index (χ3n) is 3.14. The van der Waals surface area contributed by atoms with Crippen molar-refractivity contribution in [3.63, 3.8) is 0 Å². The van der Waals surface area contributed by atoms with Crippen LogP contribution in [0.4, 0.5) is 26.5 Å². The van der Waals surface area contributed by atoms with Crippen molar-refractivity contribution in [2.75, 3.05) is 10.6 Å². The number of nitrogens with zero attached hydrogens (tertiary/aromatic N) is 6. The van der Waals surface area contributed by atoms with E-state index < -0.39 is 17.7 Å². The lowest BCUT2D eigenvalue weighted by molar-refractivity contribution is 0.549. The Morgan fingerprint density at radius 2 is 1.92 bits per heavy atom. The van der Waals surface area contributed by atoms with Gasteiger partial charge in [0, 0.05) is 19.3 Å². The summed E-state index contributed by atoms with van der Waals surface area (Å²) in [6.45, 7) is 1.63. The Kier molecular flexibility index (Phi) is 4.70. The fourth-order valence-corrected chi connectivity index (χ4v) is 2.23. The average molecular weight is 367 g/mol. The summed E-state index contributed by atoms with van der Waals surface area (Å²) in [6, 6.07) is 0.136. The highest BCUT2D eigenvalue weighted by molar-refractivity contribution is 6.28. The van der Waals surface area contributed by atoms with Gasteiger partial charge in [0.05, 0.1) is 24.3 Å². The van der Waals surface area contributed by atoms with Crippen LogP contribution in [0.5, 0.6) is 0 Å². The minimum Gasteiger partial charge on any atom is -0.346 e. The largest absolute Gasteiger partial charge is 0.346 e. The van der Waals surface area contributed by atoms with Crippen molar-refractivity contribution in [3.8, 4) is 0 Å². The third-order valence-corrected chi connectivity index (χ3v) is 3.31. The van der Waals surface area contributed by atoms with E-state index in [0.29, 0.717) is 5.82 Å². The van der Waals surface area contributed by atoms with Gasteiger partial charge in [-0.15, -0.1) is 0 Å². The Balaban J connectivity index is 1.80. The molecule has 8 nitrogen and oxygen atoms in total. The van der Waals surface area contributed by atoms with Gasteiger partial charge in [0.25, 0.3) is 0 Å². The van der Waals surface area contributed by atoms with Gasteiger partial charge in [-0.25, -0.2) is 13.8 Å². The fraction of sp³-hybridized carbons (Fsp3) is 0.214. The lowest BCUT2D eigenvalue weighted by Crippen LogP contribution is -2.14. The van der Waals surface area contributed by atoms with E-state index in [4.69, 9.17) is 11.6 Å². The molecule has 0 spiro atoms. The molecule has 3 heterocycles. The maximum atomic E-state index is 13.8. The molecular weight excluding hydrogens is 354 g/mol. The van der Waals surface area contributed by atoms with Crippen LogP contribution >= 0.6 is 11.6 Å². The van der Waals surface area contributed by atoms with Gasteiger partial charge in [0.15, 0.2) is 5.82 Å². The predicted molar refractivity (Wildman–Crippen MR) is 87.5 cm³/mol. The topological polar surface area (TPSA) is 93.4 Å². The molecule has 0 aliphatic heterocycles. The molecule has 25 heavy (non-hydrogen) atoms. The fourth-order valence-electron chi connectivity index (χ4n) is 2.07. The molecule has 1 atom stereocenters. The molecular formula is C14H13ClF2N8. The van der Waals surface area contributed by atoms with Crippen LogP contribution in [0.1, 0.15) is 18.7 Å². The predicted octanol–water partition coefficient (Wildman–Crippen LogP) is 2.85. The molecule has 0 aromatic carbocycles. The monoisotopic (exact) mass is 366 g/mol. The third kappa shape index (κ3) is 4.15. The highest BCUT2D eigenvalue weighted by Gasteiger charge is 2.16. The van der Waals surface area contributed by atoms with Crippen LogP contribution in [-0.4, -0.2) is 29.5 Å². The maximum Gasteiger partial charge on any atom is 0.234 e. The Labute approximate surface area is 146 Å². The first-order chi connectivity index (χ1) is 11.9. The quantitative estimate of drug-likeness (QED) is 0.717. The van der Waals surface area contributed by atoms with Crippen LogP contribution in [0.25, 0.3) is 0 Å². The normalized spacial score (nSPS) is 12.0. The van der Waals surface area contributed by atoms with Crippen molar-refractivity contribution < 1.29 is 8.78 Å². The number of aryl methyl sites for hydroxylation is 1. The zero-order chi connectivity index (χ0) is 18.0. The number of hydrogen-bond donors (Lipinski definition) is 2.